The summed E-state index contributed by atoms with van der Waals surface area (Å²) in [6, 6.07) is 20.3. The molecule has 1 amide bonds. The zero-order valence-electron chi connectivity index (χ0n) is 16.1. The fourth-order valence-corrected chi connectivity index (χ4v) is 3.54. The Kier molecular flexibility index (Phi) is 5.42. The molecular weight excluding hydrogens is 400 g/mol. The van der Waals surface area contributed by atoms with Gasteiger partial charge in [-0.1, -0.05) is 72.3 Å². The second-order valence-corrected chi connectivity index (χ2v) is 7.02. The van der Waals surface area contributed by atoms with Crippen LogP contribution in [0.2, 0.25) is 5.02 Å². The maximum Gasteiger partial charge on any atom is 0.245 e. The monoisotopic (exact) mass is 416 g/mol. The molecule has 0 radical (unpaired) electrons. The van der Waals surface area contributed by atoms with Gasteiger partial charge in [-0.05, 0) is 6.92 Å². The molecule has 0 aliphatic heterocycles. The summed E-state index contributed by atoms with van der Waals surface area (Å²) in [6.45, 7) is 1.60. The second-order valence-electron chi connectivity index (χ2n) is 6.64. The van der Waals surface area contributed by atoms with Gasteiger partial charge in [0.05, 0.1) is 16.5 Å². The first kappa shape index (κ1) is 19.6. The van der Waals surface area contributed by atoms with Crippen LogP contribution in [0.25, 0.3) is 33.5 Å². The van der Waals surface area contributed by atoms with Gasteiger partial charge in [0, 0.05) is 11.1 Å². The number of hydrogen-bond donors (Lipinski definition) is 1. The van der Waals surface area contributed by atoms with Gasteiger partial charge in [-0.25, -0.2) is 4.68 Å². The number of fused-ring (bicyclic) bond motifs is 1. The normalized spacial score (nSPS) is 11.8. The Morgan fingerprint density at radius 2 is 1.67 bits per heavy atom. The van der Waals surface area contributed by atoms with E-state index in [9.17, 15) is 4.79 Å². The van der Waals surface area contributed by atoms with Crippen LogP contribution in [0.3, 0.4) is 0 Å². The fraction of sp³-hybridized carbons (Fsp3) is 0.136. The van der Waals surface area contributed by atoms with Gasteiger partial charge in [-0.15, -0.1) is 10.2 Å². The molecule has 7 nitrogen and oxygen atoms in total. The molecule has 4 rings (SSSR count). The van der Waals surface area contributed by atoms with Gasteiger partial charge >= 0.3 is 0 Å². The smallest absolute Gasteiger partial charge is 0.245 e. The maximum absolute atomic E-state index is 12.5. The number of benzene rings is 2. The van der Waals surface area contributed by atoms with Crippen LogP contribution in [-0.4, -0.2) is 32.4 Å². The molecule has 0 spiro atoms. The van der Waals surface area contributed by atoms with Crippen LogP contribution in [0.4, 0.5) is 0 Å². The zero-order chi connectivity index (χ0) is 21.1. The minimum atomic E-state index is -0.703. The Bertz CT molecular complexity index is 1250. The highest BCUT2D eigenvalue weighted by molar-refractivity contribution is 6.38. The molecule has 8 heteroatoms. The van der Waals surface area contributed by atoms with Crippen molar-refractivity contribution in [3.63, 3.8) is 0 Å². The molecule has 30 heavy (non-hydrogen) atoms. The Morgan fingerprint density at radius 1 is 1.07 bits per heavy atom. The van der Waals surface area contributed by atoms with Crippen LogP contribution in [0.5, 0.6) is 0 Å². The quantitative estimate of drug-likeness (QED) is 0.496. The first-order chi connectivity index (χ1) is 14.6. The number of carbonyl (C=O) groups is 1. The van der Waals surface area contributed by atoms with Crippen molar-refractivity contribution in [1.29, 1.82) is 5.26 Å². The number of amides is 1. The van der Waals surface area contributed by atoms with E-state index in [0.29, 0.717) is 27.4 Å². The lowest BCUT2D eigenvalue weighted by molar-refractivity contribution is -0.123. The van der Waals surface area contributed by atoms with Gasteiger partial charge in [0.25, 0.3) is 0 Å². The van der Waals surface area contributed by atoms with Gasteiger partial charge in [0.1, 0.15) is 24.0 Å². The summed E-state index contributed by atoms with van der Waals surface area (Å²) in [5.41, 5.74) is 3.24. The predicted octanol–water partition coefficient (Wildman–Crippen LogP) is 4.01. The Hall–Kier alpha value is -3.76. The molecule has 4 aromatic rings. The van der Waals surface area contributed by atoms with Gasteiger partial charge < -0.3 is 5.32 Å². The number of nitrogens with zero attached hydrogens (tertiary/aromatic N) is 5. The van der Waals surface area contributed by atoms with Gasteiger partial charge in [0.15, 0.2) is 5.65 Å². The molecule has 0 saturated heterocycles. The van der Waals surface area contributed by atoms with Crippen molar-refractivity contribution in [3.8, 4) is 28.6 Å². The van der Waals surface area contributed by atoms with E-state index in [1.54, 1.807) is 6.92 Å². The summed E-state index contributed by atoms with van der Waals surface area (Å²) >= 11 is 6.81. The van der Waals surface area contributed by atoms with E-state index in [1.165, 1.54) is 4.68 Å². The lowest BCUT2D eigenvalue weighted by Crippen LogP contribution is -2.31. The fourth-order valence-electron chi connectivity index (χ4n) is 3.22. The molecular formula is C22H17ClN6O. The molecule has 0 aliphatic rings. The van der Waals surface area contributed by atoms with E-state index in [1.807, 2.05) is 66.7 Å². The number of halogens is 1. The SMILES string of the molecule is CC(C(=O)NCC#N)n1nc(-c2ccccc2)c2c(Cl)c(-c3ccccc3)nnc21. The highest BCUT2D eigenvalue weighted by Gasteiger charge is 2.25. The first-order valence-corrected chi connectivity index (χ1v) is 9.69. The van der Waals surface area contributed by atoms with Crippen molar-refractivity contribution in [2.75, 3.05) is 6.54 Å². The third-order valence-corrected chi connectivity index (χ3v) is 5.11. The number of aromatic nitrogens is 4. The summed E-state index contributed by atoms with van der Waals surface area (Å²) in [4.78, 5) is 12.5. The van der Waals surface area contributed by atoms with Gasteiger partial charge in [0.2, 0.25) is 5.91 Å². The lowest BCUT2D eigenvalue weighted by atomic mass is 10.1. The van der Waals surface area contributed by atoms with E-state index in [0.717, 1.165) is 11.1 Å². The van der Waals surface area contributed by atoms with Crippen molar-refractivity contribution in [2.24, 2.45) is 0 Å². The molecule has 0 saturated carbocycles. The van der Waals surface area contributed by atoms with E-state index in [4.69, 9.17) is 16.9 Å². The maximum atomic E-state index is 12.5. The summed E-state index contributed by atoms with van der Waals surface area (Å²) in [5, 5.41) is 25.7. The number of carbonyl (C=O) groups excluding carboxylic acids is 1. The van der Waals surface area contributed by atoms with Crippen LogP contribution in [0, 0.1) is 11.3 Å². The lowest BCUT2D eigenvalue weighted by Gasteiger charge is -2.12. The summed E-state index contributed by atoms with van der Waals surface area (Å²) in [6.07, 6.45) is 0. The van der Waals surface area contributed by atoms with E-state index >= 15 is 0 Å². The topological polar surface area (TPSA) is 96.5 Å². The summed E-state index contributed by atoms with van der Waals surface area (Å²) in [5.74, 6) is -0.342. The molecule has 2 heterocycles. The van der Waals surface area contributed by atoms with Crippen LogP contribution in [0.1, 0.15) is 13.0 Å². The molecule has 1 atom stereocenters. The van der Waals surface area contributed by atoms with Crippen LogP contribution in [-0.2, 0) is 4.79 Å². The Morgan fingerprint density at radius 3 is 2.27 bits per heavy atom. The number of nitriles is 1. The van der Waals surface area contributed by atoms with Crippen LogP contribution < -0.4 is 5.32 Å². The third kappa shape index (κ3) is 3.49. The molecule has 1 unspecified atom stereocenters. The van der Waals surface area contributed by atoms with Crippen molar-refractivity contribution in [2.45, 2.75) is 13.0 Å². The Labute approximate surface area is 177 Å². The number of rotatable bonds is 5. The first-order valence-electron chi connectivity index (χ1n) is 9.31. The summed E-state index contributed by atoms with van der Waals surface area (Å²) in [7, 11) is 0. The van der Waals surface area contributed by atoms with Crippen molar-refractivity contribution in [1.82, 2.24) is 25.3 Å². The van der Waals surface area contributed by atoms with Gasteiger partial charge in [-0.2, -0.15) is 10.4 Å². The van der Waals surface area contributed by atoms with Crippen molar-refractivity contribution in [3.05, 3.63) is 65.7 Å². The van der Waals surface area contributed by atoms with Crippen molar-refractivity contribution < 1.29 is 4.79 Å². The number of nitrogens with one attached hydrogen (secondary N) is 1. The molecule has 2 aromatic heterocycles. The average molecular weight is 417 g/mol. The zero-order valence-corrected chi connectivity index (χ0v) is 16.8. The highest BCUT2D eigenvalue weighted by atomic mass is 35.5. The molecule has 2 aromatic carbocycles. The molecule has 0 aliphatic carbocycles. The third-order valence-electron chi connectivity index (χ3n) is 4.74. The van der Waals surface area contributed by atoms with Crippen LogP contribution in [0.15, 0.2) is 60.7 Å². The highest BCUT2D eigenvalue weighted by Crippen LogP contribution is 2.37. The number of hydrogen-bond acceptors (Lipinski definition) is 5. The van der Waals surface area contributed by atoms with E-state index < -0.39 is 6.04 Å². The predicted molar refractivity (Wildman–Crippen MR) is 115 cm³/mol. The standard InChI is InChI=1S/C22H17ClN6O/c1-14(22(30)25-13-12-24)29-21-17(19(28-29)15-8-4-2-5-9-15)18(23)20(26-27-21)16-10-6-3-7-11-16/h2-11,14H,13H2,1H3,(H,25,30). The van der Waals surface area contributed by atoms with E-state index in [2.05, 4.69) is 20.6 Å². The van der Waals surface area contributed by atoms with E-state index in [-0.39, 0.29) is 12.5 Å². The average Bonchev–Trinajstić information content (AvgIpc) is 3.19. The van der Waals surface area contributed by atoms with Crippen LogP contribution >= 0.6 is 11.6 Å². The molecule has 0 fully saturated rings. The minimum absolute atomic E-state index is 0.0848. The van der Waals surface area contributed by atoms with Gasteiger partial charge in [-0.3, -0.25) is 4.79 Å². The van der Waals surface area contributed by atoms with Crippen molar-refractivity contribution >= 4 is 28.5 Å². The largest absolute Gasteiger partial charge is 0.341 e. The molecule has 0 bridgehead atoms. The minimum Gasteiger partial charge on any atom is -0.341 e. The molecule has 1 N–H and O–H groups in total. The molecule has 148 valence electrons. The Balaban J connectivity index is 1.94. The summed E-state index contributed by atoms with van der Waals surface area (Å²) < 4.78 is 1.50. The second kappa shape index (κ2) is 8.31.